The van der Waals surface area contributed by atoms with Crippen LogP contribution < -0.4 is 16.2 Å². The molecule has 0 bridgehead atoms. The van der Waals surface area contributed by atoms with E-state index in [4.69, 9.17) is 0 Å². The molecule has 1 aromatic carbocycles. The third-order valence-electron chi connectivity index (χ3n) is 3.48. The summed E-state index contributed by atoms with van der Waals surface area (Å²) in [5.74, 6) is 0.605. The maximum absolute atomic E-state index is 3.54. The SMILES string of the molecule is Cc1cc(C)cc(C2NNCC2CNC(C)C)c1. The van der Waals surface area contributed by atoms with Crippen LogP contribution in [0.15, 0.2) is 18.2 Å². The highest BCUT2D eigenvalue weighted by Crippen LogP contribution is 2.26. The van der Waals surface area contributed by atoms with Crippen LogP contribution in [0.5, 0.6) is 0 Å². The van der Waals surface area contributed by atoms with E-state index in [0.717, 1.165) is 13.1 Å². The van der Waals surface area contributed by atoms with Gasteiger partial charge >= 0.3 is 0 Å². The lowest BCUT2D eigenvalue weighted by Crippen LogP contribution is -2.32. The van der Waals surface area contributed by atoms with Gasteiger partial charge in [-0.2, -0.15) is 0 Å². The molecular formula is C15H25N3. The molecule has 1 fully saturated rings. The molecule has 3 N–H and O–H groups in total. The highest BCUT2D eigenvalue weighted by Gasteiger charge is 2.28. The maximum Gasteiger partial charge on any atom is 0.0515 e. The first kappa shape index (κ1) is 13.5. The lowest BCUT2D eigenvalue weighted by Gasteiger charge is -2.21. The molecule has 100 valence electrons. The molecule has 1 aromatic rings. The molecule has 0 amide bonds. The summed E-state index contributed by atoms with van der Waals surface area (Å²) in [5.41, 5.74) is 10.8. The van der Waals surface area contributed by atoms with Gasteiger partial charge in [-0.1, -0.05) is 43.2 Å². The minimum Gasteiger partial charge on any atom is -0.314 e. The van der Waals surface area contributed by atoms with Crippen molar-refractivity contribution in [3.63, 3.8) is 0 Å². The fourth-order valence-corrected chi connectivity index (χ4v) is 2.66. The van der Waals surface area contributed by atoms with E-state index in [1.54, 1.807) is 0 Å². The van der Waals surface area contributed by atoms with E-state index in [-0.39, 0.29) is 0 Å². The third kappa shape index (κ3) is 3.31. The minimum atomic E-state index is 0.412. The van der Waals surface area contributed by atoms with Crippen LogP contribution in [0.1, 0.15) is 36.6 Å². The van der Waals surface area contributed by atoms with E-state index in [0.29, 0.717) is 18.0 Å². The normalized spacial score (nSPS) is 23.8. The molecule has 1 saturated heterocycles. The second-order valence-electron chi connectivity index (χ2n) is 5.75. The van der Waals surface area contributed by atoms with Crippen molar-refractivity contribution in [3.8, 4) is 0 Å². The Hall–Kier alpha value is -0.900. The molecule has 0 radical (unpaired) electrons. The van der Waals surface area contributed by atoms with Crippen molar-refractivity contribution in [1.29, 1.82) is 0 Å². The largest absolute Gasteiger partial charge is 0.314 e. The Balaban J connectivity index is 2.10. The smallest absolute Gasteiger partial charge is 0.0515 e. The van der Waals surface area contributed by atoms with E-state index in [1.807, 2.05) is 0 Å². The van der Waals surface area contributed by atoms with Crippen LogP contribution in [0.3, 0.4) is 0 Å². The first-order valence-electron chi connectivity index (χ1n) is 6.86. The molecule has 2 unspecified atom stereocenters. The standard InChI is InChI=1S/C15H25N3/c1-10(2)16-8-14-9-17-18-15(14)13-6-11(3)5-12(4)7-13/h5-7,10,14-18H,8-9H2,1-4H3. The van der Waals surface area contributed by atoms with Gasteiger partial charge in [-0.3, -0.25) is 5.43 Å². The average Bonchev–Trinajstić information content (AvgIpc) is 2.72. The first-order chi connectivity index (χ1) is 8.56. The summed E-state index contributed by atoms with van der Waals surface area (Å²) in [6, 6.07) is 7.77. The fraction of sp³-hybridized carbons (Fsp3) is 0.600. The number of aryl methyl sites for hydroxylation is 2. The van der Waals surface area contributed by atoms with Crippen LogP contribution in [0.2, 0.25) is 0 Å². The Morgan fingerprint density at radius 3 is 2.50 bits per heavy atom. The predicted octanol–water partition coefficient (Wildman–Crippen LogP) is 2.07. The molecule has 0 aliphatic carbocycles. The van der Waals surface area contributed by atoms with Gasteiger partial charge in [0.25, 0.3) is 0 Å². The summed E-state index contributed by atoms with van der Waals surface area (Å²) in [7, 11) is 0. The van der Waals surface area contributed by atoms with Gasteiger partial charge in [-0.15, -0.1) is 0 Å². The Morgan fingerprint density at radius 1 is 1.22 bits per heavy atom. The topological polar surface area (TPSA) is 36.1 Å². The highest BCUT2D eigenvalue weighted by molar-refractivity contribution is 5.31. The summed E-state index contributed by atoms with van der Waals surface area (Å²) in [5, 5.41) is 3.54. The van der Waals surface area contributed by atoms with Crippen LogP contribution in [-0.4, -0.2) is 19.1 Å². The molecule has 0 spiro atoms. The van der Waals surface area contributed by atoms with Gasteiger partial charge in [0.15, 0.2) is 0 Å². The molecule has 18 heavy (non-hydrogen) atoms. The van der Waals surface area contributed by atoms with E-state index in [1.165, 1.54) is 16.7 Å². The van der Waals surface area contributed by atoms with Crippen LogP contribution >= 0.6 is 0 Å². The molecule has 0 aromatic heterocycles. The van der Waals surface area contributed by atoms with Crippen LogP contribution in [0.4, 0.5) is 0 Å². The van der Waals surface area contributed by atoms with Gasteiger partial charge in [-0.05, 0) is 19.4 Å². The van der Waals surface area contributed by atoms with E-state index < -0.39 is 0 Å². The summed E-state index contributed by atoms with van der Waals surface area (Å²) in [4.78, 5) is 0. The van der Waals surface area contributed by atoms with Crippen LogP contribution in [0.25, 0.3) is 0 Å². The summed E-state index contributed by atoms with van der Waals surface area (Å²) in [6.07, 6.45) is 0. The number of nitrogens with one attached hydrogen (secondary N) is 3. The second-order valence-corrected chi connectivity index (χ2v) is 5.75. The van der Waals surface area contributed by atoms with Crippen LogP contribution in [-0.2, 0) is 0 Å². The van der Waals surface area contributed by atoms with Gasteiger partial charge < -0.3 is 5.32 Å². The zero-order chi connectivity index (χ0) is 13.1. The molecular weight excluding hydrogens is 222 g/mol. The number of benzene rings is 1. The first-order valence-corrected chi connectivity index (χ1v) is 6.86. The van der Waals surface area contributed by atoms with E-state index in [2.05, 4.69) is 62.1 Å². The van der Waals surface area contributed by atoms with Crippen LogP contribution in [0, 0.1) is 19.8 Å². The zero-order valence-electron chi connectivity index (χ0n) is 11.9. The molecule has 0 saturated carbocycles. The second kappa shape index (κ2) is 5.83. The summed E-state index contributed by atoms with van der Waals surface area (Å²) in [6.45, 7) is 10.8. The average molecular weight is 247 g/mol. The van der Waals surface area contributed by atoms with Crippen molar-refractivity contribution in [2.24, 2.45) is 5.92 Å². The third-order valence-corrected chi connectivity index (χ3v) is 3.48. The molecule has 3 nitrogen and oxygen atoms in total. The Morgan fingerprint density at radius 2 is 1.89 bits per heavy atom. The Bertz CT molecular complexity index is 380. The van der Waals surface area contributed by atoms with Gasteiger partial charge in [-0.25, -0.2) is 5.43 Å². The molecule has 3 heteroatoms. The Labute approximate surface area is 110 Å². The van der Waals surface area contributed by atoms with Crippen molar-refractivity contribution in [1.82, 2.24) is 16.2 Å². The summed E-state index contributed by atoms with van der Waals surface area (Å²) < 4.78 is 0. The van der Waals surface area contributed by atoms with E-state index in [9.17, 15) is 0 Å². The van der Waals surface area contributed by atoms with Crippen molar-refractivity contribution in [2.45, 2.75) is 39.8 Å². The number of hydrogen-bond acceptors (Lipinski definition) is 3. The lowest BCUT2D eigenvalue weighted by atomic mass is 9.92. The lowest BCUT2D eigenvalue weighted by molar-refractivity contribution is 0.423. The van der Waals surface area contributed by atoms with E-state index >= 15 is 0 Å². The maximum atomic E-state index is 3.54. The molecule has 1 heterocycles. The number of hydrazine groups is 1. The Kier molecular flexibility index (Phi) is 4.38. The monoisotopic (exact) mass is 247 g/mol. The van der Waals surface area contributed by atoms with Crippen molar-refractivity contribution in [2.75, 3.05) is 13.1 Å². The van der Waals surface area contributed by atoms with Crippen molar-refractivity contribution >= 4 is 0 Å². The molecule has 2 rings (SSSR count). The quantitative estimate of drug-likeness (QED) is 0.762. The van der Waals surface area contributed by atoms with Gasteiger partial charge in [0, 0.05) is 25.0 Å². The summed E-state index contributed by atoms with van der Waals surface area (Å²) >= 11 is 0. The number of rotatable bonds is 4. The fourth-order valence-electron chi connectivity index (χ4n) is 2.66. The van der Waals surface area contributed by atoms with Crippen molar-refractivity contribution in [3.05, 3.63) is 34.9 Å². The molecule has 2 atom stereocenters. The van der Waals surface area contributed by atoms with Crippen molar-refractivity contribution < 1.29 is 0 Å². The van der Waals surface area contributed by atoms with Gasteiger partial charge in [0.05, 0.1) is 6.04 Å². The van der Waals surface area contributed by atoms with Gasteiger partial charge in [0.2, 0.25) is 0 Å². The molecule has 1 aliphatic heterocycles. The molecule has 1 aliphatic rings. The number of hydrogen-bond donors (Lipinski definition) is 3. The predicted molar refractivity (Wildman–Crippen MR) is 76.4 cm³/mol. The van der Waals surface area contributed by atoms with Gasteiger partial charge in [0.1, 0.15) is 0 Å². The highest BCUT2D eigenvalue weighted by atomic mass is 15.4. The minimum absolute atomic E-state index is 0.412. The zero-order valence-corrected chi connectivity index (χ0v) is 11.9.